The lowest BCUT2D eigenvalue weighted by Crippen LogP contribution is -2.39. The lowest BCUT2D eigenvalue weighted by Gasteiger charge is -2.21. The predicted octanol–water partition coefficient (Wildman–Crippen LogP) is 0.716. The molecule has 2 amide bonds. The van der Waals surface area contributed by atoms with Crippen molar-refractivity contribution in [3.63, 3.8) is 0 Å². The van der Waals surface area contributed by atoms with Gasteiger partial charge < -0.3 is 10.6 Å². The van der Waals surface area contributed by atoms with Gasteiger partial charge in [0.2, 0.25) is 0 Å². The van der Waals surface area contributed by atoms with E-state index in [2.05, 4.69) is 12.2 Å². The van der Waals surface area contributed by atoms with Crippen LogP contribution in [-0.2, 0) is 0 Å². The Balaban J connectivity index is 2.12. The van der Waals surface area contributed by atoms with E-state index in [0.29, 0.717) is 12.0 Å². The maximum atomic E-state index is 10.9. The van der Waals surface area contributed by atoms with Gasteiger partial charge in [-0.3, -0.25) is 0 Å². The van der Waals surface area contributed by atoms with E-state index in [1.807, 2.05) is 0 Å². The molecule has 2 N–H and O–H groups in total. The van der Waals surface area contributed by atoms with E-state index in [0.717, 1.165) is 19.4 Å². The molecule has 1 aliphatic heterocycles. The fourth-order valence-corrected chi connectivity index (χ4v) is 2.07. The zero-order valence-electron chi connectivity index (χ0n) is 6.36. The Morgan fingerprint density at radius 3 is 3.18 bits per heavy atom. The zero-order chi connectivity index (χ0) is 7.84. The number of urea groups is 1. The van der Waals surface area contributed by atoms with Crippen molar-refractivity contribution in [1.29, 1.82) is 0 Å². The number of nitrogens with zero attached hydrogens (tertiary/aromatic N) is 1. The molecule has 2 atom stereocenters. The molecule has 0 aromatic rings. The second-order valence-electron chi connectivity index (χ2n) is 3.22. The molecule has 1 aliphatic carbocycles. The lowest BCUT2D eigenvalue weighted by atomic mass is 10.1. The number of fused-ring (bicyclic) bond motifs is 1. The minimum absolute atomic E-state index is 0.263. The number of carbonyl (C=O) groups is 1. The van der Waals surface area contributed by atoms with Crippen molar-refractivity contribution < 1.29 is 4.79 Å². The molecule has 2 rings (SSSR count). The summed E-state index contributed by atoms with van der Waals surface area (Å²) in [5, 5.41) is 0. The molecule has 0 saturated carbocycles. The third-order valence-corrected chi connectivity index (χ3v) is 2.64. The Bertz CT molecular complexity index is 212. The van der Waals surface area contributed by atoms with Crippen LogP contribution in [0.2, 0.25) is 0 Å². The number of primary amides is 1. The van der Waals surface area contributed by atoms with Crippen molar-refractivity contribution in [2.45, 2.75) is 18.9 Å². The molecular formula is C8H12N2O. The normalized spacial score (nSPS) is 34.4. The first kappa shape index (κ1) is 6.70. The summed E-state index contributed by atoms with van der Waals surface area (Å²) in [5.74, 6) is 0.586. The van der Waals surface area contributed by atoms with Crippen molar-refractivity contribution in [2.24, 2.45) is 11.7 Å². The number of amides is 2. The van der Waals surface area contributed by atoms with Crippen LogP contribution in [0.25, 0.3) is 0 Å². The minimum atomic E-state index is -0.263. The molecule has 60 valence electrons. The van der Waals surface area contributed by atoms with Crippen molar-refractivity contribution in [3.8, 4) is 0 Å². The molecular weight excluding hydrogens is 140 g/mol. The first-order valence-electron chi connectivity index (χ1n) is 4.02. The van der Waals surface area contributed by atoms with Crippen molar-refractivity contribution in [1.82, 2.24) is 4.90 Å². The van der Waals surface area contributed by atoms with Crippen LogP contribution < -0.4 is 5.73 Å². The molecule has 11 heavy (non-hydrogen) atoms. The predicted molar refractivity (Wildman–Crippen MR) is 41.9 cm³/mol. The molecule has 3 nitrogen and oxygen atoms in total. The summed E-state index contributed by atoms with van der Waals surface area (Å²) >= 11 is 0. The Morgan fingerprint density at radius 2 is 2.45 bits per heavy atom. The summed E-state index contributed by atoms with van der Waals surface area (Å²) in [6, 6.07) is 0.119. The van der Waals surface area contributed by atoms with E-state index in [9.17, 15) is 4.79 Å². The van der Waals surface area contributed by atoms with Gasteiger partial charge in [0.05, 0.1) is 0 Å². The third-order valence-electron chi connectivity index (χ3n) is 2.64. The Kier molecular flexibility index (Phi) is 1.37. The number of rotatable bonds is 0. The number of hydrogen-bond donors (Lipinski definition) is 1. The second-order valence-corrected chi connectivity index (χ2v) is 3.22. The highest BCUT2D eigenvalue weighted by atomic mass is 16.2. The van der Waals surface area contributed by atoms with E-state index in [1.54, 1.807) is 4.90 Å². The van der Waals surface area contributed by atoms with E-state index < -0.39 is 0 Å². The summed E-state index contributed by atoms with van der Waals surface area (Å²) in [6.07, 6.45) is 6.43. The molecule has 2 unspecified atom stereocenters. The Morgan fingerprint density at radius 1 is 1.64 bits per heavy atom. The Labute approximate surface area is 65.9 Å². The summed E-state index contributed by atoms with van der Waals surface area (Å²) in [4.78, 5) is 12.6. The second kappa shape index (κ2) is 2.26. The van der Waals surface area contributed by atoms with Gasteiger partial charge in [-0.25, -0.2) is 4.79 Å². The molecule has 0 aromatic carbocycles. The van der Waals surface area contributed by atoms with Gasteiger partial charge in [0, 0.05) is 12.6 Å². The van der Waals surface area contributed by atoms with Gasteiger partial charge in [-0.05, 0) is 18.8 Å². The molecule has 1 heterocycles. The molecule has 0 bridgehead atoms. The first-order valence-corrected chi connectivity index (χ1v) is 4.02. The molecule has 0 radical (unpaired) electrons. The van der Waals surface area contributed by atoms with Crippen LogP contribution in [0.1, 0.15) is 12.8 Å². The molecule has 0 aromatic heterocycles. The topological polar surface area (TPSA) is 46.3 Å². The fourth-order valence-electron chi connectivity index (χ4n) is 2.07. The molecule has 1 saturated heterocycles. The van der Waals surface area contributed by atoms with Crippen LogP contribution in [0.5, 0.6) is 0 Å². The number of likely N-dealkylation sites (tertiary alicyclic amines) is 1. The van der Waals surface area contributed by atoms with Gasteiger partial charge in [-0.2, -0.15) is 0 Å². The highest BCUT2D eigenvalue weighted by Gasteiger charge is 2.36. The molecule has 2 aliphatic rings. The van der Waals surface area contributed by atoms with Crippen molar-refractivity contribution >= 4 is 6.03 Å². The van der Waals surface area contributed by atoms with Crippen molar-refractivity contribution in [2.75, 3.05) is 6.54 Å². The smallest absolute Gasteiger partial charge is 0.315 e. The lowest BCUT2D eigenvalue weighted by molar-refractivity contribution is 0.201. The van der Waals surface area contributed by atoms with E-state index in [1.165, 1.54) is 0 Å². The summed E-state index contributed by atoms with van der Waals surface area (Å²) in [7, 11) is 0. The van der Waals surface area contributed by atoms with Gasteiger partial charge in [-0.1, -0.05) is 12.2 Å². The van der Waals surface area contributed by atoms with Crippen LogP contribution in [0.3, 0.4) is 0 Å². The van der Waals surface area contributed by atoms with E-state index in [-0.39, 0.29) is 6.03 Å². The van der Waals surface area contributed by atoms with Crippen LogP contribution in [0, 0.1) is 5.92 Å². The average molecular weight is 152 g/mol. The number of nitrogens with two attached hydrogens (primary N) is 1. The monoisotopic (exact) mass is 152 g/mol. The maximum absolute atomic E-state index is 10.9. The highest BCUT2D eigenvalue weighted by Crippen LogP contribution is 2.32. The average Bonchev–Trinajstić information content (AvgIpc) is 2.41. The SMILES string of the molecule is NC(=O)N1CCC2C=CCC21. The Hall–Kier alpha value is -0.990. The maximum Gasteiger partial charge on any atom is 0.315 e. The van der Waals surface area contributed by atoms with Crippen molar-refractivity contribution in [3.05, 3.63) is 12.2 Å². The fraction of sp³-hybridized carbons (Fsp3) is 0.625. The van der Waals surface area contributed by atoms with Crippen LogP contribution in [-0.4, -0.2) is 23.5 Å². The van der Waals surface area contributed by atoms with Gasteiger partial charge in [0.15, 0.2) is 0 Å². The molecule has 3 heteroatoms. The number of hydrogen-bond acceptors (Lipinski definition) is 1. The van der Waals surface area contributed by atoms with E-state index in [4.69, 9.17) is 5.73 Å². The number of carbonyl (C=O) groups excluding carboxylic acids is 1. The largest absolute Gasteiger partial charge is 0.351 e. The summed E-state index contributed by atoms with van der Waals surface area (Å²) in [5.41, 5.74) is 5.21. The van der Waals surface area contributed by atoms with Gasteiger partial charge in [-0.15, -0.1) is 0 Å². The first-order chi connectivity index (χ1) is 5.29. The zero-order valence-corrected chi connectivity index (χ0v) is 6.36. The highest BCUT2D eigenvalue weighted by molar-refractivity contribution is 5.73. The molecule has 0 spiro atoms. The van der Waals surface area contributed by atoms with Crippen LogP contribution in [0.4, 0.5) is 4.79 Å². The van der Waals surface area contributed by atoms with Crippen LogP contribution in [0.15, 0.2) is 12.2 Å². The van der Waals surface area contributed by atoms with Gasteiger partial charge in [0.1, 0.15) is 0 Å². The van der Waals surface area contributed by atoms with Gasteiger partial charge >= 0.3 is 6.03 Å². The summed E-state index contributed by atoms with van der Waals surface area (Å²) in [6.45, 7) is 0.842. The van der Waals surface area contributed by atoms with Crippen LogP contribution >= 0.6 is 0 Å². The standard InChI is InChI=1S/C8H12N2O/c9-8(11)10-5-4-6-2-1-3-7(6)10/h1-2,6-7H,3-5H2,(H2,9,11). The third kappa shape index (κ3) is 0.914. The quantitative estimate of drug-likeness (QED) is 0.511. The summed E-state index contributed by atoms with van der Waals surface area (Å²) < 4.78 is 0. The molecule has 1 fully saturated rings. The van der Waals surface area contributed by atoms with E-state index >= 15 is 0 Å². The minimum Gasteiger partial charge on any atom is -0.351 e. The van der Waals surface area contributed by atoms with Gasteiger partial charge in [0.25, 0.3) is 0 Å².